The van der Waals surface area contributed by atoms with Gasteiger partial charge in [-0.25, -0.2) is 0 Å². The molecule has 0 saturated carbocycles. The predicted molar refractivity (Wildman–Crippen MR) is 46.5 cm³/mol. The number of hydrogen-bond acceptors (Lipinski definition) is 3. The van der Waals surface area contributed by atoms with Gasteiger partial charge in [-0.3, -0.25) is 10.1 Å². The second kappa shape index (κ2) is 2.57. The van der Waals surface area contributed by atoms with Gasteiger partial charge in [0.05, 0.1) is 11.2 Å². The summed E-state index contributed by atoms with van der Waals surface area (Å²) in [5.41, 5.74) is 8.29. The Kier molecular flexibility index (Phi) is 1.55. The van der Waals surface area contributed by atoms with Crippen molar-refractivity contribution in [2.75, 3.05) is 0 Å². The Morgan fingerprint density at radius 1 is 1.58 bits per heavy atom. The van der Waals surface area contributed by atoms with Crippen molar-refractivity contribution in [1.82, 2.24) is 15.2 Å². The van der Waals surface area contributed by atoms with E-state index in [-0.39, 0.29) is 0 Å². The predicted octanol–water partition coefficient (Wildman–Crippen LogP) is 0.725. The van der Waals surface area contributed by atoms with Gasteiger partial charge in [-0.15, -0.1) is 0 Å². The highest BCUT2D eigenvalue weighted by molar-refractivity contribution is 5.80. The molecule has 2 heterocycles. The summed E-state index contributed by atoms with van der Waals surface area (Å²) in [4.78, 5) is 4.17. The summed E-state index contributed by atoms with van der Waals surface area (Å²) in [6.45, 7) is 2.43. The molecular formula is C8H10N4. The van der Waals surface area contributed by atoms with Crippen molar-refractivity contribution in [2.45, 2.75) is 13.5 Å². The Labute approximate surface area is 69.8 Å². The summed E-state index contributed by atoms with van der Waals surface area (Å²) >= 11 is 0. The number of nitrogens with zero attached hydrogens (tertiary/aromatic N) is 2. The third-order valence-electron chi connectivity index (χ3n) is 1.90. The van der Waals surface area contributed by atoms with Crippen molar-refractivity contribution in [1.29, 1.82) is 0 Å². The fraction of sp³-hybridized carbons (Fsp3) is 0.250. The van der Waals surface area contributed by atoms with Gasteiger partial charge in [0.15, 0.2) is 0 Å². The summed E-state index contributed by atoms with van der Waals surface area (Å²) in [7, 11) is 0. The molecule has 0 fully saturated rings. The van der Waals surface area contributed by atoms with Gasteiger partial charge in [0, 0.05) is 23.8 Å². The highest BCUT2D eigenvalue weighted by atomic mass is 15.1. The summed E-state index contributed by atoms with van der Waals surface area (Å²) < 4.78 is 0. The number of aromatic amines is 1. The van der Waals surface area contributed by atoms with Gasteiger partial charge >= 0.3 is 0 Å². The van der Waals surface area contributed by atoms with Crippen LogP contribution in [0.4, 0.5) is 0 Å². The zero-order valence-corrected chi connectivity index (χ0v) is 6.83. The van der Waals surface area contributed by atoms with Gasteiger partial charge in [0.2, 0.25) is 0 Å². The van der Waals surface area contributed by atoms with Gasteiger partial charge in [-0.2, -0.15) is 5.10 Å². The standard InChI is InChI=1S/C8H10N4/c1-5-7-4-10-6(3-9)2-8(7)12-11-5/h2,4H,3,9H2,1H3,(H,11,12). The van der Waals surface area contributed by atoms with E-state index in [0.29, 0.717) is 6.54 Å². The Bertz CT molecular complexity index is 404. The number of hydrogen-bond donors (Lipinski definition) is 2. The molecule has 2 aromatic heterocycles. The first-order valence-electron chi connectivity index (χ1n) is 3.81. The van der Waals surface area contributed by atoms with Gasteiger partial charge in [0.1, 0.15) is 0 Å². The topological polar surface area (TPSA) is 67.6 Å². The van der Waals surface area contributed by atoms with Crippen molar-refractivity contribution in [2.24, 2.45) is 5.73 Å². The minimum absolute atomic E-state index is 0.460. The van der Waals surface area contributed by atoms with Crippen molar-refractivity contribution in [3.05, 3.63) is 23.7 Å². The molecule has 0 atom stereocenters. The highest BCUT2D eigenvalue weighted by Crippen LogP contribution is 2.13. The molecule has 0 radical (unpaired) electrons. The average molecular weight is 162 g/mol. The van der Waals surface area contributed by atoms with Crippen molar-refractivity contribution >= 4 is 10.9 Å². The maximum atomic E-state index is 5.45. The molecule has 3 N–H and O–H groups in total. The van der Waals surface area contributed by atoms with Crippen LogP contribution in [0.15, 0.2) is 12.3 Å². The zero-order chi connectivity index (χ0) is 8.55. The maximum absolute atomic E-state index is 5.45. The van der Waals surface area contributed by atoms with Gasteiger partial charge in [-0.1, -0.05) is 0 Å². The molecule has 0 spiro atoms. The summed E-state index contributed by atoms with van der Waals surface area (Å²) in [5, 5.41) is 8.07. The average Bonchev–Trinajstić information content (AvgIpc) is 2.47. The van der Waals surface area contributed by atoms with Crippen molar-refractivity contribution < 1.29 is 0 Å². The zero-order valence-electron chi connectivity index (χ0n) is 6.83. The quantitative estimate of drug-likeness (QED) is 0.649. The SMILES string of the molecule is Cc1[nH]nc2cc(CN)ncc12. The largest absolute Gasteiger partial charge is 0.325 e. The summed E-state index contributed by atoms with van der Waals surface area (Å²) in [5.74, 6) is 0. The smallest absolute Gasteiger partial charge is 0.0957 e. The summed E-state index contributed by atoms with van der Waals surface area (Å²) in [6, 6.07) is 1.90. The first-order valence-corrected chi connectivity index (χ1v) is 3.81. The molecule has 0 saturated heterocycles. The van der Waals surface area contributed by atoms with Crippen LogP contribution in [0.1, 0.15) is 11.4 Å². The van der Waals surface area contributed by atoms with Crippen LogP contribution in [0.5, 0.6) is 0 Å². The van der Waals surface area contributed by atoms with E-state index in [1.807, 2.05) is 13.0 Å². The van der Waals surface area contributed by atoms with Gasteiger partial charge in [-0.05, 0) is 13.0 Å². The Balaban J connectivity index is 2.69. The van der Waals surface area contributed by atoms with Crippen LogP contribution in [-0.2, 0) is 6.54 Å². The molecule has 0 unspecified atom stereocenters. The first-order chi connectivity index (χ1) is 5.81. The molecule has 62 valence electrons. The van der Waals surface area contributed by atoms with E-state index in [1.54, 1.807) is 6.20 Å². The van der Waals surface area contributed by atoms with E-state index >= 15 is 0 Å². The van der Waals surface area contributed by atoms with E-state index < -0.39 is 0 Å². The minimum atomic E-state index is 0.460. The Morgan fingerprint density at radius 2 is 2.42 bits per heavy atom. The van der Waals surface area contributed by atoms with Crippen LogP contribution >= 0.6 is 0 Å². The van der Waals surface area contributed by atoms with Crippen LogP contribution in [0.25, 0.3) is 10.9 Å². The summed E-state index contributed by atoms with van der Waals surface area (Å²) in [6.07, 6.45) is 1.80. The van der Waals surface area contributed by atoms with E-state index in [1.165, 1.54) is 0 Å². The van der Waals surface area contributed by atoms with E-state index in [9.17, 15) is 0 Å². The molecule has 0 aliphatic rings. The molecule has 0 aliphatic carbocycles. The Morgan fingerprint density at radius 3 is 3.17 bits per heavy atom. The lowest BCUT2D eigenvalue weighted by Gasteiger charge is -1.93. The molecule has 2 rings (SSSR count). The third kappa shape index (κ3) is 0.967. The number of rotatable bonds is 1. The maximum Gasteiger partial charge on any atom is 0.0957 e. The molecule has 2 aromatic rings. The number of aryl methyl sites for hydroxylation is 1. The normalized spacial score (nSPS) is 10.8. The lowest BCUT2D eigenvalue weighted by molar-refractivity contribution is 0.996. The van der Waals surface area contributed by atoms with Crippen LogP contribution in [0, 0.1) is 6.92 Å². The Hall–Kier alpha value is -1.42. The molecule has 0 amide bonds. The monoisotopic (exact) mass is 162 g/mol. The second-order valence-electron chi connectivity index (χ2n) is 2.75. The van der Waals surface area contributed by atoms with Crippen LogP contribution in [0.2, 0.25) is 0 Å². The van der Waals surface area contributed by atoms with Crippen LogP contribution < -0.4 is 5.73 Å². The first kappa shape index (κ1) is 7.24. The molecule has 4 heteroatoms. The number of nitrogens with two attached hydrogens (primary N) is 1. The number of aromatic nitrogens is 3. The molecule has 0 aromatic carbocycles. The number of nitrogens with one attached hydrogen (secondary N) is 1. The number of fused-ring (bicyclic) bond motifs is 1. The highest BCUT2D eigenvalue weighted by Gasteiger charge is 2.01. The van der Waals surface area contributed by atoms with Crippen molar-refractivity contribution in [3.63, 3.8) is 0 Å². The third-order valence-corrected chi connectivity index (χ3v) is 1.90. The number of pyridine rings is 1. The van der Waals surface area contributed by atoms with E-state index in [4.69, 9.17) is 5.73 Å². The second-order valence-corrected chi connectivity index (χ2v) is 2.75. The van der Waals surface area contributed by atoms with Crippen LogP contribution in [-0.4, -0.2) is 15.2 Å². The minimum Gasteiger partial charge on any atom is -0.325 e. The van der Waals surface area contributed by atoms with Crippen LogP contribution in [0.3, 0.4) is 0 Å². The van der Waals surface area contributed by atoms with E-state index in [0.717, 1.165) is 22.3 Å². The van der Waals surface area contributed by atoms with Gasteiger partial charge < -0.3 is 5.73 Å². The molecule has 4 nitrogen and oxygen atoms in total. The number of H-pyrrole nitrogens is 1. The van der Waals surface area contributed by atoms with Crippen molar-refractivity contribution in [3.8, 4) is 0 Å². The lowest BCUT2D eigenvalue weighted by atomic mass is 10.2. The van der Waals surface area contributed by atoms with E-state index in [2.05, 4.69) is 15.2 Å². The van der Waals surface area contributed by atoms with Gasteiger partial charge in [0.25, 0.3) is 0 Å². The molecular weight excluding hydrogens is 152 g/mol. The fourth-order valence-corrected chi connectivity index (χ4v) is 1.18. The molecule has 0 bridgehead atoms. The fourth-order valence-electron chi connectivity index (χ4n) is 1.18. The lowest BCUT2D eigenvalue weighted by Crippen LogP contribution is -1.98. The molecule has 12 heavy (non-hydrogen) atoms. The molecule has 0 aliphatic heterocycles.